The third-order valence-corrected chi connectivity index (χ3v) is 5.58. The number of amides is 1. The van der Waals surface area contributed by atoms with E-state index in [1.54, 1.807) is 24.3 Å². The molecule has 0 bridgehead atoms. The number of carbonyl (C=O) groups excluding carboxylic acids is 1. The van der Waals surface area contributed by atoms with Crippen molar-refractivity contribution in [2.45, 2.75) is 33.2 Å². The van der Waals surface area contributed by atoms with Crippen molar-refractivity contribution in [2.24, 2.45) is 5.92 Å². The summed E-state index contributed by atoms with van der Waals surface area (Å²) in [6.07, 6.45) is 2.28. The summed E-state index contributed by atoms with van der Waals surface area (Å²) < 4.78 is 6.86. The minimum Gasteiger partial charge on any atom is -0.494 e. The highest BCUT2D eigenvalue weighted by Crippen LogP contribution is 2.27. The minimum absolute atomic E-state index is 0.101. The van der Waals surface area contributed by atoms with Crippen LogP contribution in [0.3, 0.4) is 0 Å². The molecule has 0 unspecified atom stereocenters. The Balaban J connectivity index is 1.59. The lowest BCUT2D eigenvalue weighted by Crippen LogP contribution is -2.38. The highest BCUT2D eigenvalue weighted by Gasteiger charge is 2.21. The molecule has 1 saturated heterocycles. The van der Waals surface area contributed by atoms with Gasteiger partial charge in [-0.3, -0.25) is 9.36 Å². The number of aromatic nitrogens is 2. The summed E-state index contributed by atoms with van der Waals surface area (Å²) in [5.74, 6) is 1.75. The maximum Gasteiger partial charge on any atom is 0.350 e. The fourth-order valence-electron chi connectivity index (χ4n) is 4.13. The molecule has 0 aliphatic carbocycles. The van der Waals surface area contributed by atoms with E-state index in [0.717, 1.165) is 42.0 Å². The molecular weight excluding hydrogens is 392 g/mol. The van der Waals surface area contributed by atoms with Crippen LogP contribution >= 0.6 is 0 Å². The van der Waals surface area contributed by atoms with Gasteiger partial charge in [-0.15, -0.1) is 0 Å². The first-order chi connectivity index (χ1) is 15.0. The van der Waals surface area contributed by atoms with Crippen molar-refractivity contribution in [2.75, 3.05) is 29.9 Å². The summed E-state index contributed by atoms with van der Waals surface area (Å²) in [4.78, 5) is 32.2. The number of rotatable bonds is 6. The molecule has 31 heavy (non-hydrogen) atoms. The van der Waals surface area contributed by atoms with Gasteiger partial charge < -0.3 is 15.0 Å². The largest absolute Gasteiger partial charge is 0.494 e. The molecule has 0 saturated carbocycles. The van der Waals surface area contributed by atoms with Gasteiger partial charge in [-0.2, -0.15) is 4.98 Å². The number of piperidine rings is 1. The highest BCUT2D eigenvalue weighted by atomic mass is 16.5. The van der Waals surface area contributed by atoms with Gasteiger partial charge in [0.1, 0.15) is 18.1 Å². The smallest absolute Gasteiger partial charge is 0.350 e. The van der Waals surface area contributed by atoms with Gasteiger partial charge in [-0.1, -0.05) is 19.1 Å². The van der Waals surface area contributed by atoms with Crippen LogP contribution in [0, 0.1) is 5.92 Å². The molecule has 1 aromatic heterocycles. The molecule has 2 aromatic carbocycles. The first-order valence-electron chi connectivity index (χ1n) is 10.8. The summed E-state index contributed by atoms with van der Waals surface area (Å²) in [5.41, 5.74) is 0.962. The van der Waals surface area contributed by atoms with E-state index in [0.29, 0.717) is 18.2 Å². The predicted molar refractivity (Wildman–Crippen MR) is 123 cm³/mol. The first kappa shape index (κ1) is 20.9. The lowest BCUT2D eigenvalue weighted by molar-refractivity contribution is -0.116. The van der Waals surface area contributed by atoms with E-state index in [-0.39, 0.29) is 12.5 Å². The van der Waals surface area contributed by atoms with Gasteiger partial charge in [0.25, 0.3) is 0 Å². The van der Waals surface area contributed by atoms with Gasteiger partial charge in [0.05, 0.1) is 12.1 Å². The molecule has 162 valence electrons. The van der Waals surface area contributed by atoms with E-state index in [1.807, 2.05) is 31.2 Å². The van der Waals surface area contributed by atoms with Gasteiger partial charge in [0.15, 0.2) is 0 Å². The molecule has 1 fully saturated rings. The molecular formula is C24H28N4O3. The molecule has 3 aromatic rings. The summed E-state index contributed by atoms with van der Waals surface area (Å²) in [6.45, 7) is 6.41. The Morgan fingerprint density at radius 1 is 1.19 bits per heavy atom. The van der Waals surface area contributed by atoms with Crippen LogP contribution in [0.1, 0.15) is 26.7 Å². The Labute approximate surface area is 181 Å². The third kappa shape index (κ3) is 4.71. The molecule has 7 nitrogen and oxygen atoms in total. The Kier molecular flexibility index (Phi) is 6.21. The number of hydrogen-bond donors (Lipinski definition) is 1. The standard InChI is InChI=1S/C24H28N4O3/c1-3-31-19-12-10-18(11-13-19)25-22(29)16-28-21-9-5-4-8-20(21)23(26-24(28)30)27-14-6-7-17(2)15-27/h4-5,8-13,17H,3,6-7,14-16H2,1-2H3,(H,25,29)/t17-/m0/s1. The number of nitrogens with zero attached hydrogens (tertiary/aromatic N) is 3. The van der Waals surface area contributed by atoms with Gasteiger partial charge in [-0.25, -0.2) is 4.79 Å². The second kappa shape index (κ2) is 9.20. The number of fused-ring (bicyclic) bond motifs is 1. The number of para-hydroxylation sites is 1. The molecule has 1 amide bonds. The Morgan fingerprint density at radius 2 is 1.97 bits per heavy atom. The topological polar surface area (TPSA) is 76.5 Å². The van der Waals surface area contributed by atoms with Crippen LogP contribution in [0.5, 0.6) is 5.75 Å². The second-order valence-corrected chi connectivity index (χ2v) is 8.02. The third-order valence-electron chi connectivity index (χ3n) is 5.58. The lowest BCUT2D eigenvalue weighted by Gasteiger charge is -2.32. The zero-order chi connectivity index (χ0) is 21.8. The fraction of sp³-hybridized carbons (Fsp3) is 0.375. The van der Waals surface area contributed by atoms with Crippen molar-refractivity contribution in [1.29, 1.82) is 0 Å². The van der Waals surface area contributed by atoms with Crippen LogP contribution < -0.4 is 20.6 Å². The quantitative estimate of drug-likeness (QED) is 0.658. The van der Waals surface area contributed by atoms with Gasteiger partial charge in [0, 0.05) is 24.2 Å². The molecule has 1 N–H and O–H groups in total. The summed E-state index contributed by atoms with van der Waals surface area (Å²) in [6, 6.07) is 14.8. The number of benzene rings is 2. The van der Waals surface area contributed by atoms with E-state index >= 15 is 0 Å². The van der Waals surface area contributed by atoms with Crippen LogP contribution in [-0.2, 0) is 11.3 Å². The Hall–Kier alpha value is -3.35. The molecule has 1 aliphatic rings. The van der Waals surface area contributed by atoms with Crippen LogP contribution in [0.15, 0.2) is 53.3 Å². The number of carbonyl (C=O) groups is 1. The SMILES string of the molecule is CCOc1ccc(NC(=O)Cn2c(=O)nc(N3CCC[C@H](C)C3)c3ccccc32)cc1. The molecule has 7 heteroatoms. The van der Waals surface area contributed by atoms with Crippen LogP contribution in [-0.4, -0.2) is 35.2 Å². The van der Waals surface area contributed by atoms with Crippen molar-refractivity contribution >= 4 is 28.3 Å². The van der Waals surface area contributed by atoms with E-state index in [1.165, 1.54) is 11.0 Å². The van der Waals surface area contributed by atoms with Gasteiger partial charge in [0.2, 0.25) is 5.91 Å². The zero-order valence-electron chi connectivity index (χ0n) is 18.0. The van der Waals surface area contributed by atoms with Gasteiger partial charge in [-0.05, 0) is 62.1 Å². The van der Waals surface area contributed by atoms with E-state index in [9.17, 15) is 9.59 Å². The zero-order valence-corrected chi connectivity index (χ0v) is 18.0. The van der Waals surface area contributed by atoms with Crippen molar-refractivity contribution in [3.63, 3.8) is 0 Å². The van der Waals surface area contributed by atoms with Crippen LogP contribution in [0.25, 0.3) is 10.9 Å². The van der Waals surface area contributed by atoms with Crippen molar-refractivity contribution in [3.8, 4) is 5.75 Å². The molecule has 0 radical (unpaired) electrons. The van der Waals surface area contributed by atoms with Gasteiger partial charge >= 0.3 is 5.69 Å². The van der Waals surface area contributed by atoms with E-state index in [2.05, 4.69) is 22.1 Å². The van der Waals surface area contributed by atoms with Crippen LogP contribution in [0.2, 0.25) is 0 Å². The van der Waals surface area contributed by atoms with Crippen LogP contribution in [0.4, 0.5) is 11.5 Å². The average molecular weight is 421 g/mol. The molecule has 4 rings (SSSR count). The number of nitrogens with one attached hydrogen (secondary N) is 1. The predicted octanol–water partition coefficient (Wildman–Crippen LogP) is 3.67. The summed E-state index contributed by atoms with van der Waals surface area (Å²) in [5, 5.41) is 3.74. The maximum absolute atomic E-state index is 12.9. The molecule has 2 heterocycles. The minimum atomic E-state index is -0.409. The first-order valence-corrected chi connectivity index (χ1v) is 10.8. The molecule has 0 spiro atoms. The van der Waals surface area contributed by atoms with E-state index < -0.39 is 5.69 Å². The Bertz CT molecular complexity index is 1120. The second-order valence-electron chi connectivity index (χ2n) is 8.02. The number of anilines is 2. The monoisotopic (exact) mass is 420 g/mol. The lowest BCUT2D eigenvalue weighted by atomic mass is 10.00. The number of ether oxygens (including phenoxy) is 1. The fourth-order valence-corrected chi connectivity index (χ4v) is 4.13. The molecule has 1 atom stereocenters. The van der Waals surface area contributed by atoms with E-state index in [4.69, 9.17) is 4.74 Å². The van der Waals surface area contributed by atoms with Crippen molar-refractivity contribution < 1.29 is 9.53 Å². The molecule has 1 aliphatic heterocycles. The summed E-state index contributed by atoms with van der Waals surface area (Å²) >= 11 is 0. The Morgan fingerprint density at radius 3 is 2.71 bits per heavy atom. The average Bonchev–Trinajstić information content (AvgIpc) is 2.77. The summed E-state index contributed by atoms with van der Waals surface area (Å²) in [7, 11) is 0. The van der Waals surface area contributed by atoms with Crippen molar-refractivity contribution in [3.05, 3.63) is 59.0 Å². The number of hydrogen-bond acceptors (Lipinski definition) is 5. The van der Waals surface area contributed by atoms with Crippen molar-refractivity contribution in [1.82, 2.24) is 9.55 Å². The normalized spacial score (nSPS) is 16.3. The maximum atomic E-state index is 12.9. The highest BCUT2D eigenvalue weighted by molar-refractivity contribution is 5.93.